The van der Waals surface area contributed by atoms with Gasteiger partial charge in [0.25, 0.3) is 0 Å². The molecule has 15 heavy (non-hydrogen) atoms. The van der Waals surface area contributed by atoms with Gasteiger partial charge in [-0.15, -0.1) is 0 Å². The van der Waals surface area contributed by atoms with Crippen LogP contribution < -0.4 is 4.74 Å². The van der Waals surface area contributed by atoms with Gasteiger partial charge in [-0.25, -0.2) is 0 Å². The minimum Gasteiger partial charge on any atom is -0.492 e. The van der Waals surface area contributed by atoms with Crippen molar-refractivity contribution < 1.29 is 9.53 Å². The van der Waals surface area contributed by atoms with E-state index in [4.69, 9.17) is 27.9 Å². The quantitative estimate of drug-likeness (QED) is 0.792. The lowest BCUT2D eigenvalue weighted by Gasteiger charge is -2.07. The summed E-state index contributed by atoms with van der Waals surface area (Å²) in [6, 6.07) is 5.17. The van der Waals surface area contributed by atoms with Crippen LogP contribution in [-0.4, -0.2) is 12.4 Å². The highest BCUT2D eigenvalue weighted by atomic mass is 35.5. The van der Waals surface area contributed by atoms with Gasteiger partial charge in [0.1, 0.15) is 16.6 Å². The number of rotatable bonds is 5. The maximum atomic E-state index is 11.0. The Bertz CT molecular complexity index is 350. The molecular weight excluding hydrogens is 235 g/mol. The van der Waals surface area contributed by atoms with E-state index in [2.05, 4.69) is 0 Å². The average Bonchev–Trinajstić information content (AvgIpc) is 2.24. The van der Waals surface area contributed by atoms with Gasteiger partial charge in [-0.2, -0.15) is 0 Å². The van der Waals surface area contributed by atoms with E-state index in [1.807, 2.05) is 6.92 Å². The highest BCUT2D eigenvalue weighted by Crippen LogP contribution is 2.31. The van der Waals surface area contributed by atoms with Gasteiger partial charge >= 0.3 is 0 Å². The molecule has 1 aromatic carbocycles. The van der Waals surface area contributed by atoms with Gasteiger partial charge in [-0.3, -0.25) is 4.79 Å². The van der Waals surface area contributed by atoms with E-state index in [0.717, 1.165) is 0 Å². The number of hydrogen-bond acceptors (Lipinski definition) is 2. The summed E-state index contributed by atoms with van der Waals surface area (Å²) in [5.74, 6) is 0.696. The summed E-state index contributed by atoms with van der Waals surface area (Å²) in [4.78, 5) is 11.0. The normalized spacial score (nSPS) is 10.1. The van der Waals surface area contributed by atoms with Crippen LogP contribution in [-0.2, 0) is 4.79 Å². The molecule has 82 valence electrons. The molecule has 0 aliphatic carbocycles. The summed E-state index contributed by atoms with van der Waals surface area (Å²) < 4.78 is 5.35. The topological polar surface area (TPSA) is 26.3 Å². The third kappa shape index (κ3) is 3.73. The highest BCUT2D eigenvalue weighted by Gasteiger charge is 2.05. The standard InChI is InChI=1S/C11H12Cl2O2/c1-2-8(14)6-7-15-10-5-3-4-9(12)11(10)13/h3-5H,2,6-7H2,1H3. The van der Waals surface area contributed by atoms with Crippen molar-refractivity contribution >= 4 is 29.0 Å². The van der Waals surface area contributed by atoms with Gasteiger partial charge in [0.15, 0.2) is 0 Å². The maximum Gasteiger partial charge on any atom is 0.139 e. The number of ketones is 1. The van der Waals surface area contributed by atoms with Crippen molar-refractivity contribution in [3.63, 3.8) is 0 Å². The van der Waals surface area contributed by atoms with Gasteiger partial charge in [0.2, 0.25) is 0 Å². The Morgan fingerprint density at radius 3 is 2.80 bits per heavy atom. The summed E-state index contributed by atoms with van der Waals surface area (Å²) in [6.45, 7) is 2.17. The number of ether oxygens (including phenoxy) is 1. The van der Waals surface area contributed by atoms with Crippen molar-refractivity contribution in [3.8, 4) is 5.75 Å². The predicted octanol–water partition coefficient (Wildman–Crippen LogP) is 3.74. The molecular formula is C11H12Cl2O2. The molecule has 0 fully saturated rings. The first-order valence-corrected chi connectivity index (χ1v) is 5.49. The van der Waals surface area contributed by atoms with Gasteiger partial charge in [-0.05, 0) is 12.1 Å². The summed E-state index contributed by atoms with van der Waals surface area (Å²) in [6.07, 6.45) is 0.936. The van der Waals surface area contributed by atoms with Crippen LogP contribution in [0.25, 0.3) is 0 Å². The van der Waals surface area contributed by atoms with Crippen LogP contribution in [0.15, 0.2) is 18.2 Å². The molecule has 0 spiro atoms. The van der Waals surface area contributed by atoms with Gasteiger partial charge < -0.3 is 4.74 Å². The largest absolute Gasteiger partial charge is 0.492 e. The lowest BCUT2D eigenvalue weighted by atomic mass is 10.2. The monoisotopic (exact) mass is 246 g/mol. The Hall–Kier alpha value is -0.730. The van der Waals surface area contributed by atoms with Gasteiger partial charge in [0, 0.05) is 12.8 Å². The summed E-state index contributed by atoms with van der Waals surface area (Å²) >= 11 is 11.7. The number of Topliss-reactive ketones (excluding diaryl/α,β-unsaturated/α-hetero) is 1. The fourth-order valence-corrected chi connectivity index (χ4v) is 1.39. The fourth-order valence-electron chi connectivity index (χ4n) is 1.05. The van der Waals surface area contributed by atoms with Crippen molar-refractivity contribution in [2.75, 3.05) is 6.61 Å². The van der Waals surface area contributed by atoms with Crippen LogP contribution >= 0.6 is 23.2 Å². The minimum absolute atomic E-state index is 0.174. The highest BCUT2D eigenvalue weighted by molar-refractivity contribution is 6.42. The molecule has 0 radical (unpaired) electrons. The van der Waals surface area contributed by atoms with E-state index >= 15 is 0 Å². The summed E-state index contributed by atoms with van der Waals surface area (Å²) in [5, 5.41) is 0.846. The lowest BCUT2D eigenvalue weighted by molar-refractivity contribution is -0.119. The average molecular weight is 247 g/mol. The van der Waals surface area contributed by atoms with Crippen LogP contribution in [0.2, 0.25) is 10.0 Å². The second kappa shape index (κ2) is 5.99. The molecule has 0 heterocycles. The second-order valence-electron chi connectivity index (χ2n) is 3.04. The molecule has 0 unspecified atom stereocenters. The molecule has 1 aromatic rings. The predicted molar refractivity (Wildman–Crippen MR) is 61.9 cm³/mol. The molecule has 0 saturated heterocycles. The number of hydrogen-bond donors (Lipinski definition) is 0. The molecule has 4 heteroatoms. The van der Waals surface area contributed by atoms with Crippen molar-refractivity contribution in [1.29, 1.82) is 0 Å². The Morgan fingerprint density at radius 2 is 2.13 bits per heavy atom. The van der Waals surface area contributed by atoms with E-state index in [1.54, 1.807) is 18.2 Å². The van der Waals surface area contributed by atoms with E-state index < -0.39 is 0 Å². The minimum atomic E-state index is 0.174. The Labute approximate surface area is 99.1 Å². The van der Waals surface area contributed by atoms with Crippen molar-refractivity contribution in [1.82, 2.24) is 0 Å². The van der Waals surface area contributed by atoms with Crippen molar-refractivity contribution in [2.24, 2.45) is 0 Å². The van der Waals surface area contributed by atoms with E-state index in [1.165, 1.54) is 0 Å². The number of carbonyl (C=O) groups is 1. The first kappa shape index (κ1) is 12.3. The molecule has 0 amide bonds. The van der Waals surface area contributed by atoms with E-state index in [0.29, 0.717) is 35.2 Å². The van der Waals surface area contributed by atoms with Crippen molar-refractivity contribution in [3.05, 3.63) is 28.2 Å². The van der Waals surface area contributed by atoms with E-state index in [-0.39, 0.29) is 5.78 Å². The van der Waals surface area contributed by atoms with Crippen LogP contribution in [0.3, 0.4) is 0 Å². The first-order valence-electron chi connectivity index (χ1n) is 4.73. The number of benzene rings is 1. The Balaban J connectivity index is 2.51. The second-order valence-corrected chi connectivity index (χ2v) is 3.83. The smallest absolute Gasteiger partial charge is 0.139 e. The zero-order valence-corrected chi connectivity index (χ0v) is 9.94. The third-order valence-electron chi connectivity index (χ3n) is 1.95. The zero-order valence-electron chi connectivity index (χ0n) is 8.43. The molecule has 0 atom stereocenters. The molecule has 0 aliphatic heterocycles. The lowest BCUT2D eigenvalue weighted by Crippen LogP contribution is -2.05. The zero-order chi connectivity index (χ0) is 11.3. The fraction of sp³-hybridized carbons (Fsp3) is 0.364. The van der Waals surface area contributed by atoms with Crippen LogP contribution in [0.1, 0.15) is 19.8 Å². The maximum absolute atomic E-state index is 11.0. The third-order valence-corrected chi connectivity index (χ3v) is 2.75. The first-order chi connectivity index (χ1) is 7.15. The molecule has 2 nitrogen and oxygen atoms in total. The van der Waals surface area contributed by atoms with Crippen LogP contribution in [0.5, 0.6) is 5.75 Å². The number of carbonyl (C=O) groups excluding carboxylic acids is 1. The van der Waals surface area contributed by atoms with Gasteiger partial charge in [0.05, 0.1) is 11.6 Å². The Kier molecular flexibility index (Phi) is 4.92. The molecule has 0 N–H and O–H groups in total. The Morgan fingerprint density at radius 1 is 1.40 bits per heavy atom. The summed E-state index contributed by atoms with van der Waals surface area (Å²) in [5.41, 5.74) is 0. The number of halogens is 2. The van der Waals surface area contributed by atoms with Crippen LogP contribution in [0.4, 0.5) is 0 Å². The molecule has 0 aromatic heterocycles. The molecule has 0 aliphatic rings. The van der Waals surface area contributed by atoms with Crippen molar-refractivity contribution in [2.45, 2.75) is 19.8 Å². The SMILES string of the molecule is CCC(=O)CCOc1cccc(Cl)c1Cl. The van der Waals surface area contributed by atoms with Gasteiger partial charge in [-0.1, -0.05) is 36.2 Å². The molecule has 0 bridgehead atoms. The van der Waals surface area contributed by atoms with E-state index in [9.17, 15) is 4.79 Å². The molecule has 0 saturated carbocycles. The molecule has 1 rings (SSSR count). The summed E-state index contributed by atoms with van der Waals surface area (Å²) in [7, 11) is 0. The van der Waals surface area contributed by atoms with Crippen LogP contribution in [0, 0.1) is 0 Å².